The summed E-state index contributed by atoms with van der Waals surface area (Å²) in [6.45, 7) is 4.59. The normalized spacial score (nSPS) is 27.2. The number of likely N-dealkylation sites (tertiary alicyclic amines) is 1. The summed E-state index contributed by atoms with van der Waals surface area (Å²) in [6.07, 6.45) is 2.43. The third-order valence-electron chi connectivity index (χ3n) is 5.79. The smallest absolute Gasteiger partial charge is 0.231 e. The van der Waals surface area contributed by atoms with Crippen molar-refractivity contribution in [2.45, 2.75) is 31.9 Å². The maximum absolute atomic E-state index is 13.5. The third kappa shape index (κ3) is 2.53. The number of benzene rings is 2. The molecule has 3 atom stereocenters. The minimum Gasteiger partial charge on any atom is -0.474 e. The summed E-state index contributed by atoms with van der Waals surface area (Å²) >= 11 is 0. The Morgan fingerprint density at radius 1 is 0.962 bits per heavy atom. The van der Waals surface area contributed by atoms with E-state index in [4.69, 9.17) is 14.2 Å². The van der Waals surface area contributed by atoms with E-state index in [1.165, 1.54) is 25.0 Å². The van der Waals surface area contributed by atoms with Gasteiger partial charge in [0, 0.05) is 36.6 Å². The molecule has 0 aromatic heterocycles. The van der Waals surface area contributed by atoms with E-state index >= 15 is 0 Å². The van der Waals surface area contributed by atoms with Crippen molar-refractivity contribution in [3.05, 3.63) is 53.3 Å². The minimum atomic E-state index is -0.213. The average Bonchev–Trinajstić information content (AvgIpc) is 3.32. The highest BCUT2D eigenvalue weighted by atomic mass is 19.1. The van der Waals surface area contributed by atoms with Gasteiger partial charge in [0.25, 0.3) is 0 Å². The van der Waals surface area contributed by atoms with Crippen molar-refractivity contribution in [1.29, 1.82) is 0 Å². The molecular weight excluding hydrogens is 333 g/mol. The van der Waals surface area contributed by atoms with Crippen molar-refractivity contribution in [3.8, 4) is 17.2 Å². The highest BCUT2D eigenvalue weighted by Crippen LogP contribution is 2.49. The van der Waals surface area contributed by atoms with E-state index in [0.29, 0.717) is 0 Å². The van der Waals surface area contributed by atoms with E-state index in [9.17, 15) is 4.39 Å². The first-order valence-corrected chi connectivity index (χ1v) is 9.30. The number of rotatable bonds is 2. The number of nitrogens with zero attached hydrogens (tertiary/aromatic N) is 1. The molecule has 1 saturated heterocycles. The van der Waals surface area contributed by atoms with E-state index in [1.54, 1.807) is 0 Å². The molecule has 0 bridgehead atoms. The Kier molecular flexibility index (Phi) is 3.78. The van der Waals surface area contributed by atoms with E-state index in [-0.39, 0.29) is 30.7 Å². The van der Waals surface area contributed by atoms with Crippen LogP contribution in [-0.2, 0) is 0 Å². The van der Waals surface area contributed by atoms with Crippen molar-refractivity contribution in [2.24, 2.45) is 5.92 Å². The predicted octanol–water partition coefficient (Wildman–Crippen LogP) is 4.14. The Bertz CT molecular complexity index is 817. The lowest BCUT2D eigenvalue weighted by Crippen LogP contribution is -2.46. The van der Waals surface area contributed by atoms with Gasteiger partial charge in [0.15, 0.2) is 17.7 Å². The maximum atomic E-state index is 13.5. The average molecular weight is 355 g/mol. The zero-order valence-corrected chi connectivity index (χ0v) is 14.8. The van der Waals surface area contributed by atoms with Gasteiger partial charge < -0.3 is 14.2 Å². The molecule has 0 radical (unpaired) electrons. The van der Waals surface area contributed by atoms with Gasteiger partial charge in [-0.25, -0.2) is 4.39 Å². The lowest BCUT2D eigenvalue weighted by molar-refractivity contribution is -0.0178. The van der Waals surface area contributed by atoms with Gasteiger partial charge in [-0.3, -0.25) is 4.90 Å². The van der Waals surface area contributed by atoms with E-state index in [1.807, 2.05) is 24.3 Å². The highest BCUT2D eigenvalue weighted by molar-refractivity contribution is 5.56. The molecule has 1 fully saturated rings. The number of halogens is 1. The molecule has 0 N–H and O–H groups in total. The Balaban J connectivity index is 1.62. The Morgan fingerprint density at radius 3 is 2.38 bits per heavy atom. The first kappa shape index (κ1) is 15.9. The fourth-order valence-corrected chi connectivity index (χ4v) is 4.53. The summed E-state index contributed by atoms with van der Waals surface area (Å²) in [4.78, 5) is 2.43. The van der Waals surface area contributed by atoms with E-state index < -0.39 is 0 Å². The Morgan fingerprint density at radius 2 is 1.65 bits per heavy atom. The van der Waals surface area contributed by atoms with Crippen LogP contribution in [-0.4, -0.2) is 31.0 Å². The van der Waals surface area contributed by atoms with Gasteiger partial charge in [-0.05, 0) is 36.6 Å². The number of hydrogen-bond donors (Lipinski definition) is 0. The van der Waals surface area contributed by atoms with Crippen LogP contribution < -0.4 is 14.2 Å². The van der Waals surface area contributed by atoms with Gasteiger partial charge >= 0.3 is 0 Å². The van der Waals surface area contributed by atoms with Crippen LogP contribution in [0, 0.1) is 11.7 Å². The topological polar surface area (TPSA) is 30.9 Å². The molecule has 4 nitrogen and oxygen atoms in total. The summed E-state index contributed by atoms with van der Waals surface area (Å²) < 4.78 is 31.0. The van der Waals surface area contributed by atoms with Crippen LogP contribution in [0.25, 0.3) is 0 Å². The monoisotopic (exact) mass is 355 g/mol. The summed E-state index contributed by atoms with van der Waals surface area (Å²) in [5, 5.41) is 0. The predicted molar refractivity (Wildman–Crippen MR) is 95.2 cm³/mol. The first-order valence-electron chi connectivity index (χ1n) is 9.30. The standard InChI is InChI=1S/C21H22FNO3/c1-13-20(14-4-6-15(22)7-5-14)16-10-18-19(25-12-24-18)11-17(16)26-21(13)23-8-2-3-9-23/h4-7,10-11,13,20-21H,2-3,8-9,12H2,1H3. The first-order chi connectivity index (χ1) is 12.7. The third-order valence-corrected chi connectivity index (χ3v) is 5.79. The molecule has 3 unspecified atom stereocenters. The molecule has 5 rings (SSSR count). The van der Waals surface area contributed by atoms with Crippen LogP contribution in [0.3, 0.4) is 0 Å². The van der Waals surface area contributed by atoms with Gasteiger partial charge in [0.05, 0.1) is 0 Å². The van der Waals surface area contributed by atoms with Crippen molar-refractivity contribution < 1.29 is 18.6 Å². The lowest BCUT2D eigenvalue weighted by atomic mass is 9.78. The van der Waals surface area contributed by atoms with Crippen LogP contribution in [0.15, 0.2) is 36.4 Å². The number of hydrogen-bond acceptors (Lipinski definition) is 4. The van der Waals surface area contributed by atoms with Crippen molar-refractivity contribution >= 4 is 0 Å². The van der Waals surface area contributed by atoms with Gasteiger partial charge in [0.1, 0.15) is 11.6 Å². The second-order valence-corrected chi connectivity index (χ2v) is 7.38. The van der Waals surface area contributed by atoms with Gasteiger partial charge in [-0.15, -0.1) is 0 Å². The molecular formula is C21H22FNO3. The second kappa shape index (κ2) is 6.16. The molecule has 0 spiro atoms. The van der Waals surface area contributed by atoms with Crippen molar-refractivity contribution in [2.75, 3.05) is 19.9 Å². The zero-order valence-electron chi connectivity index (χ0n) is 14.8. The summed E-state index contributed by atoms with van der Waals surface area (Å²) in [5.74, 6) is 2.49. The van der Waals surface area contributed by atoms with E-state index in [2.05, 4.69) is 11.8 Å². The number of ether oxygens (including phenoxy) is 3. The van der Waals surface area contributed by atoms with Crippen LogP contribution >= 0.6 is 0 Å². The van der Waals surface area contributed by atoms with Gasteiger partial charge in [-0.2, -0.15) is 0 Å². The van der Waals surface area contributed by atoms with E-state index in [0.717, 1.165) is 41.5 Å². The SMILES string of the molecule is CC1C(c2ccc(F)cc2)c2cc3c(cc2OC1N1CCCC1)OCO3. The minimum absolute atomic E-state index is 0.0143. The second-order valence-electron chi connectivity index (χ2n) is 7.38. The maximum Gasteiger partial charge on any atom is 0.231 e. The highest BCUT2D eigenvalue weighted by Gasteiger charge is 2.41. The summed E-state index contributed by atoms with van der Waals surface area (Å²) in [7, 11) is 0. The number of fused-ring (bicyclic) bond motifs is 2. The van der Waals surface area contributed by atoms with Crippen LogP contribution in [0.2, 0.25) is 0 Å². The van der Waals surface area contributed by atoms with Crippen molar-refractivity contribution in [1.82, 2.24) is 4.90 Å². The molecule has 2 aromatic rings. The Labute approximate surface area is 152 Å². The van der Waals surface area contributed by atoms with Crippen LogP contribution in [0.5, 0.6) is 17.2 Å². The largest absolute Gasteiger partial charge is 0.474 e. The van der Waals surface area contributed by atoms with Crippen LogP contribution in [0.1, 0.15) is 36.8 Å². The van der Waals surface area contributed by atoms with Gasteiger partial charge in [0.2, 0.25) is 6.79 Å². The Hall–Kier alpha value is -2.27. The van der Waals surface area contributed by atoms with Crippen molar-refractivity contribution in [3.63, 3.8) is 0 Å². The molecule has 26 heavy (non-hydrogen) atoms. The molecule has 2 aromatic carbocycles. The molecule has 0 aliphatic carbocycles. The quantitative estimate of drug-likeness (QED) is 0.810. The molecule has 3 aliphatic rings. The molecule has 3 aliphatic heterocycles. The van der Waals surface area contributed by atoms with Gasteiger partial charge in [-0.1, -0.05) is 19.1 Å². The molecule has 0 saturated carbocycles. The molecule has 136 valence electrons. The summed E-state index contributed by atoms with van der Waals surface area (Å²) in [6, 6.07) is 10.8. The lowest BCUT2D eigenvalue weighted by Gasteiger charge is -2.42. The molecule has 3 heterocycles. The fourth-order valence-electron chi connectivity index (χ4n) is 4.53. The van der Waals surface area contributed by atoms with Crippen LogP contribution in [0.4, 0.5) is 4.39 Å². The zero-order chi connectivity index (χ0) is 17.7. The summed E-state index contributed by atoms with van der Waals surface area (Å²) in [5.41, 5.74) is 2.19. The molecule has 0 amide bonds. The fraction of sp³-hybridized carbons (Fsp3) is 0.429. The molecule has 5 heteroatoms.